The van der Waals surface area contributed by atoms with Gasteiger partial charge in [0.1, 0.15) is 11.4 Å². The summed E-state index contributed by atoms with van der Waals surface area (Å²) in [5, 5.41) is 11.4. The molecule has 0 atom stereocenters. The van der Waals surface area contributed by atoms with Gasteiger partial charge < -0.3 is 19.4 Å². The highest BCUT2D eigenvalue weighted by Crippen LogP contribution is 2.39. The molecule has 0 N–H and O–H groups in total. The Labute approximate surface area is 207 Å². The van der Waals surface area contributed by atoms with Crippen LogP contribution < -0.4 is 9.84 Å². The normalized spacial score (nSPS) is 19.4. The molecule has 1 aromatic carbocycles. The highest BCUT2D eigenvalue weighted by molar-refractivity contribution is 5.73. The largest absolute Gasteiger partial charge is 0.549 e. The van der Waals surface area contributed by atoms with Crippen molar-refractivity contribution in [3.05, 3.63) is 54.1 Å². The van der Waals surface area contributed by atoms with Crippen LogP contribution in [0.25, 0.3) is 0 Å². The highest BCUT2D eigenvalue weighted by atomic mass is 16.5. The molecule has 0 saturated heterocycles. The fourth-order valence-corrected chi connectivity index (χ4v) is 4.40. The number of carboxylic acid groups (broad SMARTS) is 1. The SMILES string of the molecule is CCCCCCCCCOc1ccccc1C1(OCCCCCCCC)C=CC(C(=O)[O-])C=C1. The molecule has 1 aliphatic carbocycles. The minimum atomic E-state index is -1.10. The van der Waals surface area contributed by atoms with E-state index in [0.29, 0.717) is 13.2 Å². The van der Waals surface area contributed by atoms with Crippen molar-refractivity contribution in [3.8, 4) is 5.75 Å². The lowest BCUT2D eigenvalue weighted by Gasteiger charge is -2.33. The van der Waals surface area contributed by atoms with Gasteiger partial charge in [-0.15, -0.1) is 0 Å². The Kier molecular flexibility index (Phi) is 13.7. The maximum Gasteiger partial charge on any atom is 0.133 e. The average Bonchev–Trinajstić information content (AvgIpc) is 2.85. The quantitative estimate of drug-likeness (QED) is 0.164. The molecule has 4 heteroatoms. The second-order valence-corrected chi connectivity index (χ2v) is 9.44. The fraction of sp³-hybridized carbons (Fsp3) is 0.633. The predicted molar refractivity (Wildman–Crippen MR) is 138 cm³/mol. The first-order valence-electron chi connectivity index (χ1n) is 13.6. The first kappa shape index (κ1) is 28.2. The molecule has 34 heavy (non-hydrogen) atoms. The van der Waals surface area contributed by atoms with Gasteiger partial charge in [-0.25, -0.2) is 0 Å². The molecule has 0 heterocycles. The standard InChI is InChI=1S/C30H46O4/c1-3-5-7-9-11-12-16-24-33-28-19-15-14-18-27(28)30(22-20-26(21-23-30)29(31)32)34-25-17-13-10-8-6-4-2/h14-15,18-23,26H,3-13,16-17,24-25H2,1-2H3,(H,31,32)/p-1. The molecule has 1 aromatic rings. The Morgan fingerprint density at radius 1 is 0.794 bits per heavy atom. The van der Waals surface area contributed by atoms with Crippen LogP contribution in [0.5, 0.6) is 5.75 Å². The van der Waals surface area contributed by atoms with Crippen LogP contribution in [0.3, 0.4) is 0 Å². The summed E-state index contributed by atoms with van der Waals surface area (Å²) in [5.41, 5.74) is 0.111. The molecule has 4 nitrogen and oxygen atoms in total. The summed E-state index contributed by atoms with van der Waals surface area (Å²) in [6.07, 6.45) is 22.9. The number of benzene rings is 1. The van der Waals surface area contributed by atoms with E-state index >= 15 is 0 Å². The summed E-state index contributed by atoms with van der Waals surface area (Å²) in [6.45, 7) is 5.75. The topological polar surface area (TPSA) is 58.6 Å². The van der Waals surface area contributed by atoms with Crippen molar-refractivity contribution >= 4 is 5.97 Å². The van der Waals surface area contributed by atoms with Gasteiger partial charge in [-0.05, 0) is 31.1 Å². The van der Waals surface area contributed by atoms with E-state index in [4.69, 9.17) is 9.47 Å². The third-order valence-corrected chi connectivity index (χ3v) is 6.53. The zero-order valence-electron chi connectivity index (χ0n) is 21.4. The van der Waals surface area contributed by atoms with Gasteiger partial charge in [0, 0.05) is 18.1 Å². The monoisotopic (exact) mass is 469 g/mol. The zero-order chi connectivity index (χ0) is 24.5. The molecule has 0 bridgehead atoms. The zero-order valence-corrected chi connectivity index (χ0v) is 21.4. The number of hydrogen-bond acceptors (Lipinski definition) is 4. The van der Waals surface area contributed by atoms with Crippen LogP contribution in [0, 0.1) is 5.92 Å². The molecule has 1 aliphatic rings. The van der Waals surface area contributed by atoms with Gasteiger partial charge in [0.15, 0.2) is 0 Å². The van der Waals surface area contributed by atoms with Gasteiger partial charge in [-0.1, -0.05) is 115 Å². The van der Waals surface area contributed by atoms with E-state index in [1.165, 1.54) is 64.2 Å². The Hall–Kier alpha value is -2.07. The van der Waals surface area contributed by atoms with E-state index in [0.717, 1.165) is 30.6 Å². The molecule has 0 aromatic heterocycles. The number of ether oxygens (including phenoxy) is 2. The molecule has 0 saturated carbocycles. The summed E-state index contributed by atoms with van der Waals surface area (Å²) in [6, 6.07) is 7.97. The van der Waals surface area contributed by atoms with Crippen molar-refractivity contribution in [1.29, 1.82) is 0 Å². The molecule has 0 amide bonds. The van der Waals surface area contributed by atoms with Crippen molar-refractivity contribution in [2.24, 2.45) is 5.92 Å². The van der Waals surface area contributed by atoms with Gasteiger partial charge in [0.25, 0.3) is 0 Å². The minimum absolute atomic E-state index is 0.614. The number of carboxylic acids is 1. The number of carbonyl (C=O) groups is 1. The maximum absolute atomic E-state index is 11.4. The Morgan fingerprint density at radius 3 is 1.91 bits per heavy atom. The Morgan fingerprint density at radius 2 is 1.32 bits per heavy atom. The summed E-state index contributed by atoms with van der Waals surface area (Å²) in [5.74, 6) is -1.02. The van der Waals surface area contributed by atoms with Gasteiger partial charge in [-0.2, -0.15) is 0 Å². The molecular weight excluding hydrogens is 424 g/mol. The van der Waals surface area contributed by atoms with E-state index in [1.807, 2.05) is 36.4 Å². The highest BCUT2D eigenvalue weighted by Gasteiger charge is 2.33. The van der Waals surface area contributed by atoms with Crippen LogP contribution >= 0.6 is 0 Å². The number of hydrogen-bond donors (Lipinski definition) is 0. The van der Waals surface area contributed by atoms with Crippen molar-refractivity contribution in [3.63, 3.8) is 0 Å². The second kappa shape index (κ2) is 16.5. The van der Waals surface area contributed by atoms with Crippen LogP contribution in [0.15, 0.2) is 48.6 Å². The Bertz CT molecular complexity index is 738. The lowest BCUT2D eigenvalue weighted by molar-refractivity contribution is -0.308. The molecule has 0 spiro atoms. The first-order valence-corrected chi connectivity index (χ1v) is 13.6. The lowest BCUT2D eigenvalue weighted by atomic mass is 9.85. The molecule has 0 unspecified atom stereocenters. The number of para-hydroxylation sites is 1. The number of unbranched alkanes of at least 4 members (excludes halogenated alkanes) is 11. The average molecular weight is 470 g/mol. The number of rotatable bonds is 19. The first-order chi connectivity index (χ1) is 16.6. The number of aliphatic carboxylic acids is 1. The van der Waals surface area contributed by atoms with E-state index in [-0.39, 0.29) is 0 Å². The van der Waals surface area contributed by atoms with Crippen molar-refractivity contribution < 1.29 is 19.4 Å². The summed E-state index contributed by atoms with van der Waals surface area (Å²) in [4.78, 5) is 11.4. The van der Waals surface area contributed by atoms with Crippen LogP contribution in [0.1, 0.15) is 103 Å². The number of carbonyl (C=O) groups excluding carboxylic acids is 1. The summed E-state index contributed by atoms with van der Waals surface area (Å²) < 4.78 is 12.7. The van der Waals surface area contributed by atoms with Crippen molar-refractivity contribution in [1.82, 2.24) is 0 Å². The molecule has 0 radical (unpaired) electrons. The van der Waals surface area contributed by atoms with Crippen LogP contribution in [0.4, 0.5) is 0 Å². The third-order valence-electron chi connectivity index (χ3n) is 6.53. The molecule has 0 aliphatic heterocycles. The van der Waals surface area contributed by atoms with Gasteiger partial charge in [0.2, 0.25) is 0 Å². The van der Waals surface area contributed by atoms with Crippen LogP contribution in [-0.2, 0) is 15.1 Å². The van der Waals surface area contributed by atoms with E-state index in [2.05, 4.69) is 13.8 Å². The van der Waals surface area contributed by atoms with Crippen molar-refractivity contribution in [2.45, 2.75) is 103 Å². The predicted octanol–water partition coefficient (Wildman–Crippen LogP) is 6.88. The van der Waals surface area contributed by atoms with E-state index in [9.17, 15) is 9.90 Å². The van der Waals surface area contributed by atoms with Crippen LogP contribution in [0.2, 0.25) is 0 Å². The third kappa shape index (κ3) is 9.66. The fourth-order valence-electron chi connectivity index (χ4n) is 4.40. The van der Waals surface area contributed by atoms with Gasteiger partial charge in [-0.3, -0.25) is 0 Å². The van der Waals surface area contributed by atoms with Gasteiger partial charge in [0.05, 0.1) is 12.6 Å². The lowest BCUT2D eigenvalue weighted by Crippen LogP contribution is -2.34. The molecular formula is C30H45O4-. The van der Waals surface area contributed by atoms with E-state index in [1.54, 1.807) is 12.2 Å². The van der Waals surface area contributed by atoms with E-state index < -0.39 is 17.5 Å². The molecule has 2 rings (SSSR count). The van der Waals surface area contributed by atoms with Gasteiger partial charge >= 0.3 is 0 Å². The smallest absolute Gasteiger partial charge is 0.133 e. The Balaban J connectivity index is 2.00. The molecule has 190 valence electrons. The second-order valence-electron chi connectivity index (χ2n) is 9.44. The summed E-state index contributed by atoms with van der Waals surface area (Å²) >= 11 is 0. The minimum Gasteiger partial charge on any atom is -0.549 e. The van der Waals surface area contributed by atoms with Crippen LogP contribution in [-0.4, -0.2) is 19.2 Å². The maximum atomic E-state index is 11.4. The molecule has 0 fully saturated rings. The van der Waals surface area contributed by atoms with Crippen molar-refractivity contribution in [2.75, 3.05) is 13.2 Å². The summed E-state index contributed by atoms with van der Waals surface area (Å²) in [7, 11) is 0.